The quantitative estimate of drug-likeness (QED) is 0.156. The van der Waals surface area contributed by atoms with E-state index in [4.69, 9.17) is 9.15 Å². The highest BCUT2D eigenvalue weighted by molar-refractivity contribution is 5.97. The van der Waals surface area contributed by atoms with Crippen molar-refractivity contribution in [2.45, 2.75) is 84.5 Å². The molecule has 0 amide bonds. The van der Waals surface area contributed by atoms with Gasteiger partial charge in [-0.3, -0.25) is 0 Å². The Morgan fingerprint density at radius 2 is 1.23 bits per heavy atom. The van der Waals surface area contributed by atoms with E-state index in [-0.39, 0.29) is 0 Å². The second kappa shape index (κ2) is 16.3. The predicted molar refractivity (Wildman–Crippen MR) is 267 cm³/mol. The molecule has 0 fully saturated rings. The van der Waals surface area contributed by atoms with Crippen molar-refractivity contribution in [1.82, 2.24) is 0 Å². The largest absolute Gasteiger partial charge is 0.456 e. The van der Waals surface area contributed by atoms with Crippen LogP contribution in [0.2, 0.25) is 0 Å². The van der Waals surface area contributed by atoms with E-state index in [1.807, 2.05) is 0 Å². The molecule has 6 heterocycles. The van der Waals surface area contributed by atoms with Crippen LogP contribution in [-0.2, 0) is 25.7 Å². The summed E-state index contributed by atoms with van der Waals surface area (Å²) < 4.78 is 14.0. The van der Waals surface area contributed by atoms with Gasteiger partial charge in [-0.25, -0.2) is 4.42 Å². The number of nitrogens with zero attached hydrogens (tertiary/aromatic N) is 2. The molecule has 1 aromatic heterocycles. The molecular formula is C60H57N2O2+. The third-order valence-electron chi connectivity index (χ3n) is 14.7. The van der Waals surface area contributed by atoms with Crippen LogP contribution in [-0.4, -0.2) is 26.2 Å². The van der Waals surface area contributed by atoms with E-state index in [2.05, 4.69) is 151 Å². The molecule has 1 aliphatic carbocycles. The Labute approximate surface area is 378 Å². The fraction of sp³-hybridized carbons (Fsp3) is 0.283. The van der Waals surface area contributed by atoms with E-state index in [1.54, 1.807) is 0 Å². The first-order valence-electron chi connectivity index (χ1n) is 24.1. The summed E-state index contributed by atoms with van der Waals surface area (Å²) in [7, 11) is 0. The summed E-state index contributed by atoms with van der Waals surface area (Å²) >= 11 is 0. The Morgan fingerprint density at radius 1 is 0.578 bits per heavy atom. The number of hydrogen-bond acceptors (Lipinski definition) is 3. The van der Waals surface area contributed by atoms with E-state index in [0.717, 1.165) is 105 Å². The summed E-state index contributed by atoms with van der Waals surface area (Å²) in [4.78, 5) is 5.25. The van der Waals surface area contributed by atoms with Crippen LogP contribution in [0.1, 0.15) is 101 Å². The van der Waals surface area contributed by atoms with Crippen molar-refractivity contribution in [1.29, 1.82) is 0 Å². The van der Waals surface area contributed by atoms with Crippen molar-refractivity contribution in [2.75, 3.05) is 36.0 Å². The molecule has 0 radical (unpaired) electrons. The molecule has 12 rings (SSSR count). The van der Waals surface area contributed by atoms with Crippen LogP contribution in [0, 0.1) is 13.8 Å². The molecule has 0 saturated carbocycles. The third kappa shape index (κ3) is 7.03. The van der Waals surface area contributed by atoms with E-state index in [1.165, 1.54) is 115 Å². The first-order valence-corrected chi connectivity index (χ1v) is 24.1. The molecule has 4 heteroatoms. The highest BCUT2D eigenvalue weighted by Crippen LogP contribution is 2.49. The van der Waals surface area contributed by atoms with Crippen molar-refractivity contribution in [3.05, 3.63) is 188 Å². The van der Waals surface area contributed by atoms with E-state index in [0.29, 0.717) is 0 Å². The van der Waals surface area contributed by atoms with Gasteiger partial charge in [0.1, 0.15) is 11.5 Å². The van der Waals surface area contributed by atoms with Crippen molar-refractivity contribution in [3.8, 4) is 17.1 Å². The van der Waals surface area contributed by atoms with Crippen molar-refractivity contribution < 1.29 is 9.15 Å². The molecule has 0 saturated heterocycles. The molecule has 318 valence electrons. The zero-order valence-electron chi connectivity index (χ0n) is 37.4. The molecule has 6 aliphatic rings. The lowest BCUT2D eigenvalue weighted by molar-refractivity contribution is 0.494. The summed E-state index contributed by atoms with van der Waals surface area (Å²) in [6.07, 6.45) is 24.3. The van der Waals surface area contributed by atoms with Gasteiger partial charge in [0, 0.05) is 54.1 Å². The Bertz CT molecular complexity index is 3000. The Kier molecular flexibility index (Phi) is 9.99. The number of hydrogen-bond donors (Lipinski definition) is 0. The Morgan fingerprint density at radius 3 is 1.97 bits per heavy atom. The molecular weight excluding hydrogens is 781 g/mol. The number of ether oxygens (including phenoxy) is 1. The normalized spacial score (nSPS) is 19.2. The maximum atomic E-state index is 6.98. The van der Waals surface area contributed by atoms with Crippen molar-refractivity contribution in [3.63, 3.8) is 0 Å². The molecule has 0 spiro atoms. The number of aryl methyl sites for hydroxylation is 5. The molecule has 5 aromatic carbocycles. The standard InChI is InChI=1S/C60H57N2O2/c1-39-32-40(2)34-49(33-39)56-43(24-26-45-37-54(41-14-5-3-6-15-41)63-59-50-22-12-30-61-28-10-20-47(57(50)61)35-52(45)59)18-9-19-44(56)25-27-46-38-55(42-16-7-4-8-17-42)64-60-51-23-13-31-62-29-11-21-48(58(51)62)36-53(46)60/h3-8,14-17,24-27,32-38H,9-13,18-23,28-31H2,1-2H3/q+1. The number of rotatable bonds is 6. The molecule has 5 aliphatic heterocycles. The van der Waals surface area contributed by atoms with Crippen LogP contribution >= 0.6 is 0 Å². The van der Waals surface area contributed by atoms with Gasteiger partial charge in [0.05, 0.1) is 28.3 Å². The molecule has 0 atom stereocenters. The first-order chi connectivity index (χ1) is 31.5. The molecule has 64 heavy (non-hydrogen) atoms. The van der Waals surface area contributed by atoms with E-state index < -0.39 is 0 Å². The summed E-state index contributed by atoms with van der Waals surface area (Å²) in [5.41, 5.74) is 23.7. The van der Waals surface area contributed by atoms with E-state index >= 15 is 0 Å². The van der Waals surface area contributed by atoms with Crippen molar-refractivity contribution >= 4 is 45.3 Å². The lowest BCUT2D eigenvalue weighted by Gasteiger charge is -2.39. The van der Waals surface area contributed by atoms with Gasteiger partial charge >= 0.3 is 11.3 Å². The zero-order chi connectivity index (χ0) is 42.7. The average molecular weight is 838 g/mol. The number of anilines is 2. The number of fused-ring (bicyclic) bond motifs is 4. The van der Waals surface area contributed by atoms with Crippen LogP contribution in [0.25, 0.3) is 45.3 Å². The minimum Gasteiger partial charge on any atom is -0.456 e. The number of benzene rings is 5. The summed E-state index contributed by atoms with van der Waals surface area (Å²) in [6, 6.07) is 35.7. The van der Waals surface area contributed by atoms with Crippen LogP contribution in [0.3, 0.4) is 0 Å². The maximum absolute atomic E-state index is 6.98. The van der Waals surface area contributed by atoms with Gasteiger partial charge in [0.25, 0.3) is 0 Å². The lowest BCUT2D eigenvalue weighted by Crippen LogP contribution is -2.35. The van der Waals surface area contributed by atoms with Gasteiger partial charge in [-0.05, 0) is 154 Å². The van der Waals surface area contributed by atoms with Gasteiger partial charge in [-0.15, -0.1) is 0 Å². The fourth-order valence-electron chi connectivity index (χ4n) is 11.9. The summed E-state index contributed by atoms with van der Waals surface area (Å²) in [5.74, 6) is 2.92. The zero-order valence-corrected chi connectivity index (χ0v) is 37.4. The highest BCUT2D eigenvalue weighted by atomic mass is 16.5. The van der Waals surface area contributed by atoms with Gasteiger partial charge in [-0.2, -0.15) is 0 Å². The molecule has 6 aromatic rings. The fourth-order valence-corrected chi connectivity index (χ4v) is 11.9. The Balaban J connectivity index is 1.03. The molecule has 0 bridgehead atoms. The van der Waals surface area contributed by atoms with Crippen LogP contribution in [0.5, 0.6) is 5.75 Å². The topological polar surface area (TPSA) is 27.0 Å². The van der Waals surface area contributed by atoms with Crippen LogP contribution < -0.4 is 14.5 Å². The monoisotopic (exact) mass is 837 g/mol. The SMILES string of the molecule is Cc1cc(C)cc(C2=C(/C=C/c3cc(-c4ccccc4)[o+]c4c5c6c(cc34)CCCN6CCC5)CCC/C2=C\C=C2/C=C(c3ccccc3)Oc3c2cc2c4c3CCCN4CCC2)c1. The second-order valence-corrected chi connectivity index (χ2v) is 19.1. The van der Waals surface area contributed by atoms with E-state index in [9.17, 15) is 0 Å². The van der Waals surface area contributed by atoms with Gasteiger partial charge < -0.3 is 14.5 Å². The smallest absolute Gasteiger partial charge is 0.366 e. The van der Waals surface area contributed by atoms with Gasteiger partial charge in [0.2, 0.25) is 0 Å². The third-order valence-corrected chi connectivity index (χ3v) is 14.7. The average Bonchev–Trinajstić information content (AvgIpc) is 3.33. The predicted octanol–water partition coefficient (Wildman–Crippen LogP) is 14.5. The molecule has 4 nitrogen and oxygen atoms in total. The van der Waals surface area contributed by atoms with Crippen LogP contribution in [0.4, 0.5) is 11.4 Å². The van der Waals surface area contributed by atoms with Gasteiger partial charge in [-0.1, -0.05) is 102 Å². The number of allylic oxidation sites excluding steroid dienone is 8. The summed E-state index contributed by atoms with van der Waals surface area (Å²) in [6.45, 7) is 9.05. The first kappa shape index (κ1) is 39.2. The molecule has 0 unspecified atom stereocenters. The second-order valence-electron chi connectivity index (χ2n) is 19.1. The Hall–Kier alpha value is -6.39. The van der Waals surface area contributed by atoms with Crippen LogP contribution in [0.15, 0.2) is 137 Å². The lowest BCUT2D eigenvalue weighted by atomic mass is 9.81. The molecule has 0 N–H and O–H groups in total. The minimum absolute atomic E-state index is 0.930. The maximum Gasteiger partial charge on any atom is 0.366 e. The summed E-state index contributed by atoms with van der Waals surface area (Å²) in [5, 5.41) is 1.24. The van der Waals surface area contributed by atoms with Crippen molar-refractivity contribution in [2.24, 2.45) is 0 Å². The highest BCUT2D eigenvalue weighted by Gasteiger charge is 2.34. The van der Waals surface area contributed by atoms with Gasteiger partial charge in [0.15, 0.2) is 0 Å². The minimum atomic E-state index is 0.930.